The number of nitrogens with one attached hydrogen (secondary N) is 1. The van der Waals surface area contributed by atoms with Gasteiger partial charge in [0.2, 0.25) is 5.91 Å². The Balaban J connectivity index is 1.66. The van der Waals surface area contributed by atoms with Crippen LogP contribution in [0.1, 0.15) is 58.1 Å². The molecule has 1 amide bonds. The van der Waals surface area contributed by atoms with Crippen molar-refractivity contribution in [3.8, 4) is 5.82 Å². The highest BCUT2D eigenvalue weighted by Crippen LogP contribution is 2.40. The van der Waals surface area contributed by atoms with E-state index in [0.717, 1.165) is 31.0 Å². The van der Waals surface area contributed by atoms with Gasteiger partial charge in [-0.1, -0.05) is 32.8 Å². The van der Waals surface area contributed by atoms with Crippen LogP contribution >= 0.6 is 0 Å². The lowest BCUT2D eigenvalue weighted by Gasteiger charge is -2.38. The van der Waals surface area contributed by atoms with Crippen LogP contribution in [0.15, 0.2) is 30.7 Å². The second-order valence-corrected chi connectivity index (χ2v) is 7.57. The summed E-state index contributed by atoms with van der Waals surface area (Å²) in [5.74, 6) is 0.319. The summed E-state index contributed by atoms with van der Waals surface area (Å²) in [6.45, 7) is 6.32. The van der Waals surface area contributed by atoms with Gasteiger partial charge >= 0.3 is 0 Å². The van der Waals surface area contributed by atoms with E-state index >= 15 is 0 Å². The molecule has 0 radical (unpaired) electrons. The van der Waals surface area contributed by atoms with E-state index in [4.69, 9.17) is 0 Å². The van der Waals surface area contributed by atoms with Crippen LogP contribution in [0.3, 0.4) is 0 Å². The molecule has 1 aliphatic carbocycles. The number of nitrogens with zero attached hydrogens (tertiary/aromatic N) is 3. The predicted octanol–water partition coefficient (Wildman–Crippen LogP) is 3.80. The van der Waals surface area contributed by atoms with Crippen molar-refractivity contribution in [2.45, 2.75) is 52.5 Å². The molecule has 2 atom stereocenters. The second-order valence-electron chi connectivity index (χ2n) is 7.57. The molecular formula is C19H25FN4O. The van der Waals surface area contributed by atoms with Crippen LogP contribution in [-0.4, -0.2) is 20.7 Å². The highest BCUT2D eigenvalue weighted by Gasteiger charge is 2.37. The molecule has 0 spiro atoms. The van der Waals surface area contributed by atoms with Gasteiger partial charge in [-0.05, 0) is 36.8 Å². The smallest absolute Gasteiger partial charge is 0.224 e. The molecule has 0 bridgehead atoms. The monoisotopic (exact) mass is 344 g/mol. The third kappa shape index (κ3) is 3.89. The maximum absolute atomic E-state index is 13.0. The van der Waals surface area contributed by atoms with E-state index in [1.165, 1.54) is 17.3 Å². The summed E-state index contributed by atoms with van der Waals surface area (Å²) in [7, 11) is 0. The van der Waals surface area contributed by atoms with Crippen molar-refractivity contribution in [1.29, 1.82) is 0 Å². The first-order chi connectivity index (χ1) is 11.9. The van der Waals surface area contributed by atoms with Gasteiger partial charge in [-0.15, -0.1) is 0 Å². The lowest BCUT2D eigenvalue weighted by Crippen LogP contribution is -2.41. The number of rotatable bonds is 4. The highest BCUT2D eigenvalue weighted by molar-refractivity contribution is 5.80. The summed E-state index contributed by atoms with van der Waals surface area (Å²) in [5.41, 5.74) is 0.965. The molecule has 6 heteroatoms. The maximum Gasteiger partial charge on any atom is 0.224 e. The molecule has 0 aromatic carbocycles. The Bertz CT molecular complexity index is 738. The summed E-state index contributed by atoms with van der Waals surface area (Å²) in [6, 6.07) is 3.54. The molecule has 134 valence electrons. The van der Waals surface area contributed by atoms with Gasteiger partial charge in [0, 0.05) is 12.1 Å². The number of halogens is 1. The van der Waals surface area contributed by atoms with Crippen LogP contribution in [-0.2, 0) is 4.79 Å². The van der Waals surface area contributed by atoms with Crippen LogP contribution < -0.4 is 5.32 Å². The van der Waals surface area contributed by atoms with E-state index < -0.39 is 5.82 Å². The number of carbonyl (C=O) groups is 1. The van der Waals surface area contributed by atoms with Crippen LogP contribution in [0.4, 0.5) is 4.39 Å². The maximum atomic E-state index is 13.0. The molecule has 2 aromatic heterocycles. The standard InChI is InChI=1S/C19H25FN4O/c1-13(23-18(25)16-6-4-5-9-19(16,2)3)14-7-8-17(21-10-14)24-12-15(20)11-22-24/h7-8,10-13,16H,4-6,9H2,1-3H3,(H,23,25)/t13?,16-/m0/s1. The van der Waals surface area contributed by atoms with Gasteiger partial charge in [-0.3, -0.25) is 4.79 Å². The highest BCUT2D eigenvalue weighted by atomic mass is 19.1. The molecule has 1 fully saturated rings. The Morgan fingerprint density at radius 3 is 2.76 bits per heavy atom. The minimum atomic E-state index is -0.401. The second kappa shape index (κ2) is 6.94. The fraction of sp³-hybridized carbons (Fsp3) is 0.526. The van der Waals surface area contributed by atoms with Gasteiger partial charge in [0.1, 0.15) is 0 Å². The molecule has 2 heterocycles. The molecule has 1 saturated carbocycles. The van der Waals surface area contributed by atoms with Crippen molar-refractivity contribution in [1.82, 2.24) is 20.1 Å². The summed E-state index contributed by atoms with van der Waals surface area (Å²) in [6.07, 6.45) is 8.48. The number of pyridine rings is 1. The number of hydrogen-bond acceptors (Lipinski definition) is 3. The van der Waals surface area contributed by atoms with Gasteiger partial charge in [0.25, 0.3) is 0 Å². The van der Waals surface area contributed by atoms with Gasteiger partial charge in [0.05, 0.1) is 18.4 Å². The van der Waals surface area contributed by atoms with E-state index in [2.05, 4.69) is 29.2 Å². The van der Waals surface area contributed by atoms with Gasteiger partial charge < -0.3 is 5.32 Å². The van der Waals surface area contributed by atoms with Crippen LogP contribution in [0.5, 0.6) is 0 Å². The first kappa shape index (κ1) is 17.6. The molecule has 1 unspecified atom stereocenters. The molecule has 5 nitrogen and oxygen atoms in total. The van der Waals surface area contributed by atoms with Crippen molar-refractivity contribution in [2.75, 3.05) is 0 Å². The van der Waals surface area contributed by atoms with E-state index in [1.807, 2.05) is 13.0 Å². The molecular weight excluding hydrogens is 319 g/mol. The first-order valence-electron chi connectivity index (χ1n) is 8.84. The van der Waals surface area contributed by atoms with E-state index in [-0.39, 0.29) is 23.3 Å². The molecule has 25 heavy (non-hydrogen) atoms. The summed E-state index contributed by atoms with van der Waals surface area (Å²) < 4.78 is 14.4. The SMILES string of the molecule is CC(NC(=O)[C@@H]1CCCCC1(C)C)c1ccc(-n2cc(F)cn2)nc1. The number of aromatic nitrogens is 3. The Morgan fingerprint density at radius 1 is 1.36 bits per heavy atom. The van der Waals surface area contributed by atoms with Crippen molar-refractivity contribution in [3.63, 3.8) is 0 Å². The number of hydrogen-bond donors (Lipinski definition) is 1. The van der Waals surface area contributed by atoms with Gasteiger partial charge in [-0.25, -0.2) is 14.1 Å². The third-order valence-electron chi connectivity index (χ3n) is 5.24. The Morgan fingerprint density at radius 2 is 2.16 bits per heavy atom. The van der Waals surface area contributed by atoms with Crippen LogP contribution in [0.25, 0.3) is 5.82 Å². The summed E-state index contributed by atoms with van der Waals surface area (Å²) >= 11 is 0. The zero-order chi connectivity index (χ0) is 18.0. The van der Waals surface area contributed by atoms with E-state index in [1.54, 1.807) is 12.3 Å². The lowest BCUT2D eigenvalue weighted by atomic mass is 9.68. The predicted molar refractivity (Wildman–Crippen MR) is 93.6 cm³/mol. The average Bonchev–Trinajstić information content (AvgIpc) is 3.01. The molecule has 0 aliphatic heterocycles. The molecule has 3 rings (SSSR count). The third-order valence-corrected chi connectivity index (χ3v) is 5.24. The Hall–Kier alpha value is -2.24. The minimum Gasteiger partial charge on any atom is -0.349 e. The summed E-state index contributed by atoms with van der Waals surface area (Å²) in [4.78, 5) is 17.0. The topological polar surface area (TPSA) is 59.8 Å². The zero-order valence-corrected chi connectivity index (χ0v) is 15.0. The number of amides is 1. The van der Waals surface area contributed by atoms with Crippen molar-refractivity contribution in [3.05, 3.63) is 42.1 Å². The molecule has 0 saturated heterocycles. The van der Waals surface area contributed by atoms with Crippen molar-refractivity contribution in [2.24, 2.45) is 11.3 Å². The molecule has 1 N–H and O–H groups in total. The van der Waals surface area contributed by atoms with E-state index in [9.17, 15) is 9.18 Å². The Kier molecular flexibility index (Phi) is 4.88. The fourth-order valence-electron chi connectivity index (χ4n) is 3.59. The first-order valence-corrected chi connectivity index (χ1v) is 8.84. The lowest BCUT2D eigenvalue weighted by molar-refractivity contribution is -0.130. The average molecular weight is 344 g/mol. The van der Waals surface area contributed by atoms with Gasteiger partial charge in [-0.2, -0.15) is 5.10 Å². The van der Waals surface area contributed by atoms with Crippen molar-refractivity contribution >= 4 is 5.91 Å². The zero-order valence-electron chi connectivity index (χ0n) is 15.0. The van der Waals surface area contributed by atoms with Crippen molar-refractivity contribution < 1.29 is 9.18 Å². The minimum absolute atomic E-state index is 0.0499. The largest absolute Gasteiger partial charge is 0.349 e. The van der Waals surface area contributed by atoms with Crippen LogP contribution in [0.2, 0.25) is 0 Å². The molecule has 2 aromatic rings. The number of carbonyl (C=O) groups excluding carboxylic acids is 1. The summed E-state index contributed by atoms with van der Waals surface area (Å²) in [5, 5.41) is 7.02. The molecule has 1 aliphatic rings. The quantitative estimate of drug-likeness (QED) is 0.918. The normalized spacial score (nSPS) is 20.9. The fourth-order valence-corrected chi connectivity index (χ4v) is 3.59. The Labute approximate surface area is 147 Å². The van der Waals surface area contributed by atoms with Crippen LogP contribution in [0, 0.1) is 17.2 Å². The van der Waals surface area contributed by atoms with E-state index in [0.29, 0.717) is 5.82 Å². The van der Waals surface area contributed by atoms with Gasteiger partial charge in [0.15, 0.2) is 11.6 Å².